The lowest BCUT2D eigenvalue weighted by Crippen LogP contribution is -2.15. The summed E-state index contributed by atoms with van der Waals surface area (Å²) in [6.45, 7) is 0. The van der Waals surface area contributed by atoms with Gasteiger partial charge in [0.25, 0.3) is 0 Å². The molecule has 0 unspecified atom stereocenters. The summed E-state index contributed by atoms with van der Waals surface area (Å²) in [4.78, 5) is 12.5. The van der Waals surface area contributed by atoms with Gasteiger partial charge in [-0.05, 0) is 54.6 Å². The molecule has 0 aliphatic heterocycles. The summed E-state index contributed by atoms with van der Waals surface area (Å²) in [7, 11) is 1.62. The molecule has 3 aromatic carbocycles. The van der Waals surface area contributed by atoms with Gasteiger partial charge in [-0.15, -0.1) is 10.2 Å². The summed E-state index contributed by atoms with van der Waals surface area (Å²) in [6, 6.07) is 22.2. The number of carbonyl (C=O) groups excluding carboxylic acids is 1. The average Bonchev–Trinajstić information content (AvgIpc) is 3.24. The average molecular weight is 485 g/mol. The van der Waals surface area contributed by atoms with Gasteiger partial charge in [0.15, 0.2) is 11.0 Å². The van der Waals surface area contributed by atoms with Crippen LogP contribution in [0.3, 0.4) is 0 Å². The highest BCUT2D eigenvalue weighted by atomic mass is 35.5. The van der Waals surface area contributed by atoms with E-state index in [0.717, 1.165) is 17.0 Å². The molecular formula is C23H18Cl2N4O2S. The van der Waals surface area contributed by atoms with Crippen LogP contribution in [-0.4, -0.2) is 33.5 Å². The van der Waals surface area contributed by atoms with Gasteiger partial charge in [0.1, 0.15) is 5.75 Å². The second kappa shape index (κ2) is 10.1. The number of para-hydroxylation sites is 1. The summed E-state index contributed by atoms with van der Waals surface area (Å²) >= 11 is 13.4. The first-order valence-electron chi connectivity index (χ1n) is 9.58. The topological polar surface area (TPSA) is 69.0 Å². The van der Waals surface area contributed by atoms with Crippen LogP contribution in [0.15, 0.2) is 78.0 Å². The van der Waals surface area contributed by atoms with Crippen molar-refractivity contribution in [2.24, 2.45) is 0 Å². The quantitative estimate of drug-likeness (QED) is 0.326. The van der Waals surface area contributed by atoms with Crippen LogP contribution in [0.1, 0.15) is 0 Å². The molecule has 0 bridgehead atoms. The summed E-state index contributed by atoms with van der Waals surface area (Å²) < 4.78 is 7.17. The molecule has 32 heavy (non-hydrogen) atoms. The number of nitrogens with zero attached hydrogens (tertiary/aromatic N) is 3. The third-order valence-electron chi connectivity index (χ3n) is 4.53. The number of nitrogens with one attached hydrogen (secondary N) is 1. The lowest BCUT2D eigenvalue weighted by molar-refractivity contribution is -0.113. The van der Waals surface area contributed by atoms with Crippen LogP contribution in [0.5, 0.6) is 5.75 Å². The third-order valence-corrected chi connectivity index (χ3v) is 6.02. The number of rotatable bonds is 7. The molecule has 6 nitrogen and oxygen atoms in total. The zero-order valence-corrected chi connectivity index (χ0v) is 19.3. The Morgan fingerprint density at radius 1 is 1.03 bits per heavy atom. The van der Waals surface area contributed by atoms with Crippen molar-refractivity contribution in [2.45, 2.75) is 5.16 Å². The number of aromatic nitrogens is 3. The fourth-order valence-electron chi connectivity index (χ4n) is 3.01. The van der Waals surface area contributed by atoms with Gasteiger partial charge in [-0.2, -0.15) is 0 Å². The monoisotopic (exact) mass is 484 g/mol. The number of benzene rings is 3. The largest absolute Gasteiger partial charge is 0.497 e. The molecule has 0 atom stereocenters. The maximum atomic E-state index is 12.5. The van der Waals surface area contributed by atoms with Crippen LogP contribution >= 0.6 is 35.0 Å². The van der Waals surface area contributed by atoms with Crippen molar-refractivity contribution < 1.29 is 9.53 Å². The van der Waals surface area contributed by atoms with Crippen molar-refractivity contribution in [1.82, 2.24) is 14.8 Å². The molecule has 1 heterocycles. The van der Waals surface area contributed by atoms with Crippen molar-refractivity contribution in [3.05, 3.63) is 82.8 Å². The standard InChI is InChI=1S/C23H18Cl2N4O2S/c1-31-18-10-7-15(8-11-18)22-27-28-23(29(22)17-5-3-2-4-6-17)32-14-21(30)26-20-13-16(24)9-12-19(20)25/h2-13H,14H2,1H3,(H,26,30). The number of carbonyl (C=O) groups is 1. The maximum Gasteiger partial charge on any atom is 0.234 e. The van der Waals surface area contributed by atoms with Crippen LogP contribution in [0.2, 0.25) is 10.0 Å². The van der Waals surface area contributed by atoms with E-state index < -0.39 is 0 Å². The van der Waals surface area contributed by atoms with Gasteiger partial charge >= 0.3 is 0 Å². The number of hydrogen-bond donors (Lipinski definition) is 1. The first-order valence-corrected chi connectivity index (χ1v) is 11.3. The van der Waals surface area contributed by atoms with Gasteiger partial charge in [-0.25, -0.2) is 0 Å². The molecule has 0 aliphatic carbocycles. The highest BCUT2D eigenvalue weighted by molar-refractivity contribution is 7.99. The molecule has 162 valence electrons. The van der Waals surface area contributed by atoms with Crippen LogP contribution in [0.25, 0.3) is 17.1 Å². The summed E-state index contributed by atoms with van der Waals surface area (Å²) in [5.41, 5.74) is 2.24. The molecule has 1 aromatic heterocycles. The van der Waals surface area contributed by atoms with Crippen molar-refractivity contribution in [1.29, 1.82) is 0 Å². The molecule has 0 aliphatic rings. The van der Waals surface area contributed by atoms with E-state index in [0.29, 0.717) is 26.7 Å². The molecule has 9 heteroatoms. The number of thioether (sulfide) groups is 1. The Morgan fingerprint density at radius 3 is 2.50 bits per heavy atom. The van der Waals surface area contributed by atoms with E-state index in [1.807, 2.05) is 59.2 Å². The number of hydrogen-bond acceptors (Lipinski definition) is 5. The Kier molecular flexibility index (Phi) is 6.99. The minimum Gasteiger partial charge on any atom is -0.497 e. The maximum absolute atomic E-state index is 12.5. The zero-order valence-electron chi connectivity index (χ0n) is 17.0. The van der Waals surface area contributed by atoms with E-state index in [9.17, 15) is 4.79 Å². The number of methoxy groups -OCH3 is 1. The number of amides is 1. The Balaban J connectivity index is 1.59. The second-order valence-corrected chi connectivity index (χ2v) is 8.45. The lowest BCUT2D eigenvalue weighted by Gasteiger charge is -2.11. The van der Waals surface area contributed by atoms with Gasteiger partial charge in [0, 0.05) is 16.3 Å². The van der Waals surface area contributed by atoms with E-state index in [4.69, 9.17) is 27.9 Å². The molecule has 0 saturated heterocycles. The van der Waals surface area contributed by atoms with Crippen molar-refractivity contribution in [3.8, 4) is 22.8 Å². The molecule has 0 saturated carbocycles. The summed E-state index contributed by atoms with van der Waals surface area (Å²) in [5, 5.41) is 13.0. The Labute approximate surface area is 199 Å². The Hall–Kier alpha value is -3.00. The fourth-order valence-corrected chi connectivity index (χ4v) is 4.10. The van der Waals surface area contributed by atoms with E-state index in [-0.39, 0.29) is 11.7 Å². The smallest absolute Gasteiger partial charge is 0.234 e. The molecule has 0 fully saturated rings. The van der Waals surface area contributed by atoms with Crippen molar-refractivity contribution in [2.75, 3.05) is 18.2 Å². The summed E-state index contributed by atoms with van der Waals surface area (Å²) in [6.07, 6.45) is 0. The molecule has 4 rings (SSSR count). The van der Waals surface area contributed by atoms with Crippen LogP contribution in [0.4, 0.5) is 5.69 Å². The minimum atomic E-state index is -0.229. The summed E-state index contributed by atoms with van der Waals surface area (Å²) in [5.74, 6) is 1.31. The van der Waals surface area contributed by atoms with Crippen LogP contribution in [-0.2, 0) is 4.79 Å². The van der Waals surface area contributed by atoms with Gasteiger partial charge in [-0.1, -0.05) is 53.2 Å². The van der Waals surface area contributed by atoms with E-state index in [1.165, 1.54) is 11.8 Å². The molecular weight excluding hydrogens is 467 g/mol. The molecule has 1 N–H and O–H groups in total. The number of ether oxygens (including phenoxy) is 1. The number of halogens is 2. The van der Waals surface area contributed by atoms with Crippen molar-refractivity contribution in [3.63, 3.8) is 0 Å². The van der Waals surface area contributed by atoms with Crippen LogP contribution < -0.4 is 10.1 Å². The zero-order chi connectivity index (χ0) is 22.5. The van der Waals surface area contributed by atoms with Crippen molar-refractivity contribution >= 4 is 46.6 Å². The Bertz CT molecular complexity index is 1230. The predicted octanol–water partition coefficient (Wildman–Crippen LogP) is 5.98. The first-order chi connectivity index (χ1) is 15.5. The number of anilines is 1. The Morgan fingerprint density at radius 2 is 1.78 bits per heavy atom. The lowest BCUT2D eigenvalue weighted by atomic mass is 10.2. The molecule has 0 radical (unpaired) electrons. The molecule has 4 aromatic rings. The van der Waals surface area contributed by atoms with Gasteiger partial charge in [-0.3, -0.25) is 9.36 Å². The van der Waals surface area contributed by atoms with E-state index in [2.05, 4.69) is 15.5 Å². The predicted molar refractivity (Wildman–Crippen MR) is 129 cm³/mol. The van der Waals surface area contributed by atoms with E-state index >= 15 is 0 Å². The highest BCUT2D eigenvalue weighted by Gasteiger charge is 2.18. The fraction of sp³-hybridized carbons (Fsp3) is 0.0870. The SMILES string of the molecule is COc1ccc(-c2nnc(SCC(=O)Nc3cc(Cl)ccc3Cl)n2-c2ccccc2)cc1. The van der Waals surface area contributed by atoms with Gasteiger partial charge < -0.3 is 10.1 Å². The molecule has 1 amide bonds. The van der Waals surface area contributed by atoms with Crippen LogP contribution in [0, 0.1) is 0 Å². The minimum absolute atomic E-state index is 0.121. The van der Waals surface area contributed by atoms with Gasteiger partial charge in [0.05, 0.1) is 23.6 Å². The molecule has 0 spiro atoms. The van der Waals surface area contributed by atoms with Gasteiger partial charge in [0.2, 0.25) is 5.91 Å². The highest BCUT2D eigenvalue weighted by Crippen LogP contribution is 2.30. The van der Waals surface area contributed by atoms with E-state index in [1.54, 1.807) is 25.3 Å². The normalized spacial score (nSPS) is 10.7. The second-order valence-electron chi connectivity index (χ2n) is 6.67. The third kappa shape index (κ3) is 5.07. The first kappa shape index (κ1) is 22.2.